The number of nitrogens with zero attached hydrogens (tertiary/aromatic N) is 1. The molecule has 0 saturated heterocycles. The summed E-state index contributed by atoms with van der Waals surface area (Å²) < 4.78 is 21.4. The minimum Gasteiger partial charge on any atom is -0.493 e. The number of hydrogen-bond donors (Lipinski definition) is 2. The fourth-order valence-electron chi connectivity index (χ4n) is 3.20. The Bertz CT molecular complexity index is 1200. The number of ether oxygens (including phenoxy) is 4. The number of para-hydroxylation sites is 2. The van der Waals surface area contributed by atoms with Gasteiger partial charge in [-0.05, 0) is 42.8 Å². The number of anilines is 1. The van der Waals surface area contributed by atoms with Crippen molar-refractivity contribution in [1.29, 1.82) is 0 Å². The topological polar surface area (TPSA) is 107 Å². The average Bonchev–Trinajstić information content (AvgIpc) is 2.88. The second kappa shape index (κ2) is 12.1. The minimum atomic E-state index is -0.628. The third-order valence-corrected chi connectivity index (χ3v) is 5.00. The van der Waals surface area contributed by atoms with E-state index in [-0.39, 0.29) is 23.8 Å². The van der Waals surface area contributed by atoms with E-state index in [4.69, 9.17) is 18.9 Å². The number of nitrogens with one attached hydrogen (secondary N) is 2. The van der Waals surface area contributed by atoms with Gasteiger partial charge in [-0.15, -0.1) is 0 Å². The van der Waals surface area contributed by atoms with Crippen LogP contribution in [-0.4, -0.2) is 46.0 Å². The van der Waals surface area contributed by atoms with Gasteiger partial charge in [0.25, 0.3) is 5.91 Å². The summed E-state index contributed by atoms with van der Waals surface area (Å²) in [5.74, 6) is 0.341. The number of amides is 1. The number of carbonyl (C=O) groups excluding carboxylic acids is 2. The van der Waals surface area contributed by atoms with Gasteiger partial charge in [-0.25, -0.2) is 10.2 Å². The first-order valence-corrected chi connectivity index (χ1v) is 10.7. The van der Waals surface area contributed by atoms with Crippen molar-refractivity contribution in [2.75, 3.05) is 33.2 Å². The lowest BCUT2D eigenvalue weighted by Crippen LogP contribution is -2.26. The molecule has 0 atom stereocenters. The molecule has 9 heteroatoms. The molecule has 0 bridgehead atoms. The largest absolute Gasteiger partial charge is 0.493 e. The summed E-state index contributed by atoms with van der Waals surface area (Å²) in [5.41, 5.74) is 5.07. The number of aryl methyl sites for hydroxylation is 1. The molecule has 3 rings (SSSR count). The molecule has 0 unspecified atom stereocenters. The zero-order valence-corrected chi connectivity index (χ0v) is 20.0. The van der Waals surface area contributed by atoms with Crippen LogP contribution in [0.4, 0.5) is 5.69 Å². The second-order valence-electron chi connectivity index (χ2n) is 7.30. The van der Waals surface area contributed by atoms with E-state index >= 15 is 0 Å². The Morgan fingerprint density at radius 2 is 1.54 bits per heavy atom. The molecule has 9 nitrogen and oxygen atoms in total. The van der Waals surface area contributed by atoms with Crippen LogP contribution in [0.25, 0.3) is 0 Å². The predicted octanol–water partition coefficient (Wildman–Crippen LogP) is 3.80. The van der Waals surface area contributed by atoms with Gasteiger partial charge in [-0.1, -0.05) is 30.3 Å². The van der Waals surface area contributed by atoms with E-state index in [9.17, 15) is 9.59 Å². The van der Waals surface area contributed by atoms with Crippen molar-refractivity contribution < 1.29 is 28.5 Å². The van der Waals surface area contributed by atoms with Gasteiger partial charge < -0.3 is 24.3 Å². The van der Waals surface area contributed by atoms with Crippen molar-refractivity contribution in [3.05, 3.63) is 77.4 Å². The van der Waals surface area contributed by atoms with Crippen molar-refractivity contribution in [2.24, 2.45) is 5.10 Å². The highest BCUT2D eigenvalue weighted by Gasteiger charge is 2.19. The average molecular weight is 478 g/mol. The fourth-order valence-corrected chi connectivity index (χ4v) is 3.20. The Balaban J connectivity index is 1.67. The molecule has 0 fully saturated rings. The van der Waals surface area contributed by atoms with Crippen molar-refractivity contribution >= 4 is 23.8 Å². The molecule has 0 spiro atoms. The lowest BCUT2D eigenvalue weighted by molar-refractivity contribution is -0.119. The van der Waals surface area contributed by atoms with E-state index in [2.05, 4.69) is 15.8 Å². The maximum absolute atomic E-state index is 12.8. The molecule has 0 aliphatic heterocycles. The van der Waals surface area contributed by atoms with Crippen LogP contribution in [0.15, 0.2) is 65.8 Å². The maximum Gasteiger partial charge on any atom is 0.343 e. The van der Waals surface area contributed by atoms with Crippen LogP contribution in [0.3, 0.4) is 0 Å². The van der Waals surface area contributed by atoms with E-state index in [0.717, 1.165) is 11.3 Å². The van der Waals surface area contributed by atoms with Crippen LogP contribution < -0.4 is 29.7 Å². The SMILES string of the molecule is COc1cc(C(=O)Oc2ccccc2C=NNC(=O)CNc2ccccc2C)cc(OC)c1OC. The number of carbonyl (C=O) groups is 2. The highest BCUT2D eigenvalue weighted by atomic mass is 16.5. The van der Waals surface area contributed by atoms with Crippen LogP contribution in [-0.2, 0) is 4.79 Å². The zero-order valence-electron chi connectivity index (χ0n) is 20.0. The van der Waals surface area contributed by atoms with E-state index < -0.39 is 5.97 Å². The molecule has 35 heavy (non-hydrogen) atoms. The Morgan fingerprint density at radius 3 is 2.20 bits per heavy atom. The summed E-state index contributed by atoms with van der Waals surface area (Å²) in [6.45, 7) is 2.01. The summed E-state index contributed by atoms with van der Waals surface area (Å²) >= 11 is 0. The molecule has 0 aliphatic rings. The monoisotopic (exact) mass is 477 g/mol. The van der Waals surface area contributed by atoms with Gasteiger partial charge in [0.1, 0.15) is 5.75 Å². The number of benzene rings is 3. The second-order valence-corrected chi connectivity index (χ2v) is 7.30. The van der Waals surface area contributed by atoms with Gasteiger partial charge in [-0.2, -0.15) is 5.10 Å². The number of rotatable bonds is 10. The van der Waals surface area contributed by atoms with Gasteiger partial charge in [0.2, 0.25) is 5.75 Å². The van der Waals surface area contributed by atoms with Gasteiger partial charge in [0.15, 0.2) is 11.5 Å². The standard InChI is InChI=1S/C26H27N3O6/c1-17-9-5-7-11-20(17)27-16-24(30)29-28-15-18-10-6-8-12-21(18)35-26(31)19-13-22(32-2)25(34-4)23(14-19)33-3/h5-15,27H,16H2,1-4H3,(H,29,30). The third-order valence-electron chi connectivity index (χ3n) is 5.00. The molecular weight excluding hydrogens is 450 g/mol. The molecule has 0 radical (unpaired) electrons. The molecule has 3 aromatic rings. The summed E-state index contributed by atoms with van der Waals surface area (Å²) in [4.78, 5) is 25.0. The number of hydrazone groups is 1. The lowest BCUT2D eigenvalue weighted by atomic mass is 10.1. The molecule has 1 amide bonds. The fraction of sp³-hybridized carbons (Fsp3) is 0.192. The summed E-state index contributed by atoms with van der Waals surface area (Å²) in [6, 6.07) is 17.5. The summed E-state index contributed by atoms with van der Waals surface area (Å²) in [5, 5.41) is 7.04. The van der Waals surface area contributed by atoms with E-state index in [1.807, 2.05) is 31.2 Å². The van der Waals surface area contributed by atoms with Crippen LogP contribution in [0, 0.1) is 6.92 Å². The Labute approximate surface area is 203 Å². The number of methoxy groups -OCH3 is 3. The van der Waals surface area contributed by atoms with Gasteiger partial charge in [0.05, 0.1) is 39.7 Å². The van der Waals surface area contributed by atoms with Crippen molar-refractivity contribution in [1.82, 2.24) is 5.43 Å². The van der Waals surface area contributed by atoms with Crippen molar-refractivity contribution in [2.45, 2.75) is 6.92 Å². The normalized spacial score (nSPS) is 10.5. The molecular formula is C26H27N3O6. The number of hydrogen-bond acceptors (Lipinski definition) is 8. The quantitative estimate of drug-likeness (QED) is 0.198. The van der Waals surface area contributed by atoms with Crippen molar-refractivity contribution in [3.8, 4) is 23.0 Å². The minimum absolute atomic E-state index is 0.0555. The Kier molecular flexibility index (Phi) is 8.66. The molecule has 3 aromatic carbocycles. The Morgan fingerprint density at radius 1 is 0.886 bits per heavy atom. The van der Waals surface area contributed by atoms with E-state index in [1.54, 1.807) is 24.3 Å². The molecule has 0 aliphatic carbocycles. The van der Waals surface area contributed by atoms with Crippen LogP contribution in [0.5, 0.6) is 23.0 Å². The van der Waals surface area contributed by atoms with Crippen LogP contribution >= 0.6 is 0 Å². The smallest absolute Gasteiger partial charge is 0.343 e. The third kappa shape index (κ3) is 6.50. The number of esters is 1. The van der Waals surface area contributed by atoms with Crippen molar-refractivity contribution in [3.63, 3.8) is 0 Å². The molecule has 0 aromatic heterocycles. The molecule has 0 heterocycles. The highest BCUT2D eigenvalue weighted by molar-refractivity contribution is 5.94. The first-order valence-electron chi connectivity index (χ1n) is 10.7. The molecule has 0 saturated carbocycles. The molecule has 2 N–H and O–H groups in total. The lowest BCUT2D eigenvalue weighted by Gasteiger charge is -2.14. The maximum atomic E-state index is 12.8. The van der Waals surface area contributed by atoms with Gasteiger partial charge >= 0.3 is 5.97 Å². The van der Waals surface area contributed by atoms with Gasteiger partial charge in [0, 0.05) is 11.3 Å². The highest BCUT2D eigenvalue weighted by Crippen LogP contribution is 2.38. The first-order chi connectivity index (χ1) is 17.0. The summed E-state index contributed by atoms with van der Waals surface area (Å²) in [6.07, 6.45) is 1.41. The van der Waals surface area contributed by atoms with E-state index in [1.165, 1.54) is 39.7 Å². The Hall–Kier alpha value is -4.53. The van der Waals surface area contributed by atoms with Gasteiger partial charge in [-0.3, -0.25) is 4.79 Å². The predicted molar refractivity (Wildman–Crippen MR) is 133 cm³/mol. The first kappa shape index (κ1) is 25.1. The summed E-state index contributed by atoms with van der Waals surface area (Å²) in [7, 11) is 4.40. The molecule has 182 valence electrons. The van der Waals surface area contributed by atoms with Crippen LogP contribution in [0.1, 0.15) is 21.5 Å². The van der Waals surface area contributed by atoms with E-state index in [0.29, 0.717) is 22.8 Å². The van der Waals surface area contributed by atoms with Crippen LogP contribution in [0.2, 0.25) is 0 Å². The zero-order chi connectivity index (χ0) is 25.2.